The second kappa shape index (κ2) is 6.80. The van der Waals surface area contributed by atoms with Gasteiger partial charge in [0.2, 0.25) is 0 Å². The molecule has 0 saturated carbocycles. The zero-order chi connectivity index (χ0) is 18.0. The number of benzene rings is 2. The zero-order valence-corrected chi connectivity index (χ0v) is 15.9. The van der Waals surface area contributed by atoms with Crippen molar-refractivity contribution in [3.63, 3.8) is 0 Å². The van der Waals surface area contributed by atoms with Crippen LogP contribution in [-0.2, 0) is 0 Å². The normalized spacial score (nSPS) is 15.7. The summed E-state index contributed by atoms with van der Waals surface area (Å²) in [4.78, 5) is 27.5. The van der Waals surface area contributed by atoms with E-state index in [-0.39, 0.29) is 17.5 Å². The highest BCUT2D eigenvalue weighted by Gasteiger charge is 2.46. The van der Waals surface area contributed by atoms with Gasteiger partial charge in [-0.1, -0.05) is 72.9 Å². The molecule has 3 rings (SSSR count). The molecule has 1 aliphatic heterocycles. The molecule has 0 fully saturated rings. The van der Waals surface area contributed by atoms with Crippen LogP contribution in [0.2, 0.25) is 13.1 Å². The number of amides is 2. The van der Waals surface area contributed by atoms with Crippen LogP contribution in [0.1, 0.15) is 34.1 Å². The minimum Gasteiger partial charge on any atom is -0.274 e. The van der Waals surface area contributed by atoms with Crippen molar-refractivity contribution in [1.82, 2.24) is 4.90 Å². The third-order valence-corrected chi connectivity index (χ3v) is 9.06. The van der Waals surface area contributed by atoms with Crippen LogP contribution in [0, 0.1) is 0 Å². The lowest BCUT2D eigenvalue weighted by Gasteiger charge is -2.37. The Morgan fingerprint density at radius 3 is 1.96 bits per heavy atom. The Hall–Kier alpha value is -2.46. The first-order chi connectivity index (χ1) is 12.0. The fourth-order valence-electron chi connectivity index (χ4n) is 3.54. The molecule has 0 aromatic heterocycles. The molecular formula is C21H23NO2Si. The van der Waals surface area contributed by atoms with Crippen molar-refractivity contribution >= 4 is 25.1 Å². The number of hydrogen-bond donors (Lipinski definition) is 0. The summed E-state index contributed by atoms with van der Waals surface area (Å²) in [7, 11) is -2.10. The summed E-state index contributed by atoms with van der Waals surface area (Å²) in [6, 6.07) is 17.4. The van der Waals surface area contributed by atoms with E-state index in [1.165, 1.54) is 10.1 Å². The monoisotopic (exact) mass is 349 g/mol. The molecule has 0 aliphatic carbocycles. The molecule has 1 heterocycles. The van der Waals surface area contributed by atoms with E-state index in [0.29, 0.717) is 17.5 Å². The first-order valence-electron chi connectivity index (χ1n) is 8.62. The van der Waals surface area contributed by atoms with Gasteiger partial charge in [-0.2, -0.15) is 0 Å². The van der Waals surface area contributed by atoms with Crippen LogP contribution in [0.25, 0.3) is 0 Å². The number of carbonyl (C=O) groups excluding carboxylic acids is 2. The van der Waals surface area contributed by atoms with E-state index in [9.17, 15) is 9.59 Å². The van der Waals surface area contributed by atoms with E-state index in [0.717, 1.165) is 0 Å². The van der Waals surface area contributed by atoms with Gasteiger partial charge in [0.15, 0.2) is 0 Å². The highest BCUT2D eigenvalue weighted by molar-refractivity contribution is 6.91. The molecular weight excluding hydrogens is 326 g/mol. The van der Waals surface area contributed by atoms with Crippen LogP contribution in [0.5, 0.6) is 0 Å². The Balaban J connectivity index is 2.06. The summed E-state index contributed by atoms with van der Waals surface area (Å²) in [5, 5.41) is 1.25. The van der Waals surface area contributed by atoms with Gasteiger partial charge in [-0.3, -0.25) is 14.5 Å². The number of nitrogens with zero attached hydrogens (tertiary/aromatic N) is 1. The Labute approximate surface area is 150 Å². The molecule has 0 N–H and O–H groups in total. The average Bonchev–Trinajstić information content (AvgIpc) is 2.88. The molecule has 1 unspecified atom stereocenters. The highest BCUT2D eigenvalue weighted by Crippen LogP contribution is 2.29. The van der Waals surface area contributed by atoms with Crippen LogP contribution in [0.4, 0.5) is 0 Å². The van der Waals surface area contributed by atoms with Crippen molar-refractivity contribution in [3.8, 4) is 0 Å². The molecule has 2 amide bonds. The van der Waals surface area contributed by atoms with Gasteiger partial charge >= 0.3 is 0 Å². The molecule has 0 saturated heterocycles. The predicted octanol–water partition coefficient (Wildman–Crippen LogP) is 3.77. The molecule has 25 heavy (non-hydrogen) atoms. The Morgan fingerprint density at radius 2 is 1.44 bits per heavy atom. The van der Waals surface area contributed by atoms with Gasteiger partial charge in [-0.15, -0.1) is 0 Å². The van der Waals surface area contributed by atoms with Gasteiger partial charge in [-0.05, 0) is 25.5 Å². The van der Waals surface area contributed by atoms with E-state index >= 15 is 0 Å². The Kier molecular flexibility index (Phi) is 4.73. The zero-order valence-electron chi connectivity index (χ0n) is 14.9. The second-order valence-corrected chi connectivity index (χ2v) is 11.6. The lowest BCUT2D eigenvalue weighted by atomic mass is 10.1. The molecule has 128 valence electrons. The van der Waals surface area contributed by atoms with E-state index in [2.05, 4.69) is 31.3 Å². The lowest BCUT2D eigenvalue weighted by Crippen LogP contribution is -2.61. The number of carbonyl (C=O) groups is 2. The maximum atomic E-state index is 13.0. The van der Waals surface area contributed by atoms with Crippen molar-refractivity contribution in [2.45, 2.75) is 32.1 Å². The van der Waals surface area contributed by atoms with Crippen LogP contribution in [0.15, 0.2) is 66.7 Å². The molecule has 1 atom stereocenters. The number of hydrogen-bond acceptors (Lipinski definition) is 2. The van der Waals surface area contributed by atoms with Crippen molar-refractivity contribution in [2.75, 3.05) is 0 Å². The van der Waals surface area contributed by atoms with E-state index in [1.54, 1.807) is 12.1 Å². The highest BCUT2D eigenvalue weighted by atomic mass is 28.3. The topological polar surface area (TPSA) is 37.4 Å². The summed E-state index contributed by atoms with van der Waals surface area (Å²) < 4.78 is 0. The largest absolute Gasteiger partial charge is 0.274 e. The molecule has 0 radical (unpaired) electrons. The van der Waals surface area contributed by atoms with Crippen LogP contribution in [0.3, 0.4) is 0 Å². The van der Waals surface area contributed by atoms with Gasteiger partial charge in [0.25, 0.3) is 11.8 Å². The van der Waals surface area contributed by atoms with E-state index in [1.807, 2.05) is 43.3 Å². The van der Waals surface area contributed by atoms with Crippen molar-refractivity contribution in [3.05, 3.63) is 77.9 Å². The maximum Gasteiger partial charge on any atom is 0.261 e. The molecule has 2 aromatic carbocycles. The quantitative estimate of drug-likeness (QED) is 0.468. The summed E-state index contributed by atoms with van der Waals surface area (Å²) in [5.74, 6) is -0.321. The standard InChI is InChI=1S/C21H23NO2Si/c1-4-5-15-19(25(2,3)16-11-7-6-8-12-16)22-20(23)17-13-9-10-14-18(17)21(22)24/h4-14,19H,15H2,1-3H3/b5-4-. The van der Waals surface area contributed by atoms with Crippen molar-refractivity contribution in [1.29, 1.82) is 0 Å². The molecule has 1 aliphatic rings. The predicted molar refractivity (Wildman–Crippen MR) is 104 cm³/mol. The molecule has 0 bridgehead atoms. The van der Waals surface area contributed by atoms with Gasteiger partial charge in [0.1, 0.15) is 8.07 Å². The third kappa shape index (κ3) is 2.98. The summed E-state index contributed by atoms with van der Waals surface area (Å²) in [6.45, 7) is 6.44. The summed E-state index contributed by atoms with van der Waals surface area (Å²) in [6.07, 6.45) is 4.74. The van der Waals surface area contributed by atoms with Crippen LogP contribution < -0.4 is 5.19 Å². The van der Waals surface area contributed by atoms with Gasteiger partial charge < -0.3 is 0 Å². The first kappa shape index (κ1) is 17.4. The van der Waals surface area contributed by atoms with Gasteiger partial charge in [-0.25, -0.2) is 0 Å². The van der Waals surface area contributed by atoms with Crippen molar-refractivity contribution < 1.29 is 9.59 Å². The van der Waals surface area contributed by atoms with Crippen LogP contribution in [-0.4, -0.2) is 30.5 Å². The third-order valence-electron chi connectivity index (χ3n) is 5.08. The molecule has 2 aromatic rings. The van der Waals surface area contributed by atoms with Crippen molar-refractivity contribution in [2.24, 2.45) is 0 Å². The average molecular weight is 350 g/mol. The smallest absolute Gasteiger partial charge is 0.261 e. The maximum absolute atomic E-state index is 13.0. The fraction of sp³-hybridized carbons (Fsp3) is 0.238. The first-order valence-corrected chi connectivity index (χ1v) is 11.7. The summed E-state index contributed by atoms with van der Waals surface area (Å²) in [5.41, 5.74) is 0.935. The summed E-state index contributed by atoms with van der Waals surface area (Å²) >= 11 is 0. The second-order valence-electron chi connectivity index (χ2n) is 6.93. The fourth-order valence-corrected chi connectivity index (χ4v) is 6.58. The van der Waals surface area contributed by atoms with Crippen LogP contribution >= 0.6 is 0 Å². The lowest BCUT2D eigenvalue weighted by molar-refractivity contribution is 0.0629. The molecule has 3 nitrogen and oxygen atoms in total. The molecule has 0 spiro atoms. The van der Waals surface area contributed by atoms with E-state index < -0.39 is 8.07 Å². The molecule has 4 heteroatoms. The van der Waals surface area contributed by atoms with Gasteiger partial charge in [0, 0.05) is 5.67 Å². The SMILES string of the molecule is C/C=C\CC(N1C(=O)c2ccccc2C1=O)[Si](C)(C)c1ccccc1. The number of rotatable bonds is 5. The minimum absolute atomic E-state index is 0.113. The number of fused-ring (bicyclic) bond motifs is 1. The number of allylic oxidation sites excluding steroid dienone is 1. The Bertz CT molecular complexity index is 792. The van der Waals surface area contributed by atoms with Gasteiger partial charge in [0.05, 0.1) is 11.1 Å². The number of imide groups is 1. The minimum atomic E-state index is -2.10. The Morgan fingerprint density at radius 1 is 0.920 bits per heavy atom. The van der Waals surface area contributed by atoms with E-state index in [4.69, 9.17) is 0 Å².